The Bertz CT molecular complexity index is 991. The lowest BCUT2D eigenvalue weighted by Crippen LogP contribution is -2.02. The number of sulfone groups is 1. The molecule has 2 aromatic rings. The Balaban J connectivity index is 2.17. The number of ether oxygens (including phenoxy) is 2. The molecule has 0 unspecified atom stereocenters. The lowest BCUT2D eigenvalue weighted by atomic mass is 9.92. The highest BCUT2D eigenvalue weighted by atomic mass is 35.5. The van der Waals surface area contributed by atoms with Crippen LogP contribution in [0.25, 0.3) is 5.57 Å². The Morgan fingerprint density at radius 1 is 1.12 bits per heavy atom. The Morgan fingerprint density at radius 2 is 1.77 bits per heavy atom. The van der Waals surface area contributed by atoms with Gasteiger partial charge in [0.1, 0.15) is 5.75 Å². The molecule has 5 nitrogen and oxygen atoms in total. The van der Waals surface area contributed by atoms with E-state index in [1.54, 1.807) is 24.3 Å². The number of rotatable bonds is 4. The minimum atomic E-state index is -3.30. The molecule has 1 aliphatic heterocycles. The maximum absolute atomic E-state index is 12.2. The number of methoxy groups -OCH3 is 1. The fourth-order valence-electron chi connectivity index (χ4n) is 2.87. The van der Waals surface area contributed by atoms with Crippen LogP contribution in [0, 0.1) is 0 Å². The van der Waals surface area contributed by atoms with E-state index in [4.69, 9.17) is 21.1 Å². The van der Waals surface area contributed by atoms with Gasteiger partial charge in [0.05, 0.1) is 23.6 Å². The number of carbonyl (C=O) groups excluding carboxylic acids is 1. The first-order valence-electron chi connectivity index (χ1n) is 7.86. The molecule has 136 valence electrons. The number of carbonyl (C=O) groups is 1. The second kappa shape index (κ2) is 7.13. The topological polar surface area (TPSA) is 69.7 Å². The monoisotopic (exact) mass is 392 g/mol. The molecule has 1 saturated heterocycles. The predicted octanol–water partition coefficient (Wildman–Crippen LogP) is 3.50. The number of cyclic esters (lactones) is 1. The van der Waals surface area contributed by atoms with Gasteiger partial charge in [-0.3, -0.25) is 0 Å². The van der Waals surface area contributed by atoms with Crippen molar-refractivity contribution < 1.29 is 22.7 Å². The van der Waals surface area contributed by atoms with E-state index in [-0.39, 0.29) is 10.9 Å². The van der Waals surface area contributed by atoms with Crippen LogP contribution in [0.15, 0.2) is 52.9 Å². The van der Waals surface area contributed by atoms with Crippen LogP contribution in [0.2, 0.25) is 5.02 Å². The van der Waals surface area contributed by atoms with Crippen LogP contribution in [0.1, 0.15) is 17.5 Å². The number of benzene rings is 2. The summed E-state index contributed by atoms with van der Waals surface area (Å²) in [6.07, 6.45) is 1.63. The molecule has 1 aliphatic rings. The molecule has 1 fully saturated rings. The Kier molecular flexibility index (Phi) is 5.07. The van der Waals surface area contributed by atoms with Crippen molar-refractivity contribution in [3.8, 4) is 5.75 Å². The molecule has 0 atom stereocenters. The number of hydrogen-bond donors (Lipinski definition) is 0. The first kappa shape index (κ1) is 18.5. The number of hydrogen-bond acceptors (Lipinski definition) is 5. The van der Waals surface area contributed by atoms with Crippen LogP contribution in [0.5, 0.6) is 5.75 Å². The zero-order valence-corrected chi connectivity index (χ0v) is 15.9. The molecule has 0 spiro atoms. The van der Waals surface area contributed by atoms with Crippen molar-refractivity contribution in [1.29, 1.82) is 0 Å². The second-order valence-electron chi connectivity index (χ2n) is 5.89. The Hall–Kier alpha value is -2.31. The van der Waals surface area contributed by atoms with Crippen molar-refractivity contribution in [1.82, 2.24) is 0 Å². The highest BCUT2D eigenvalue weighted by molar-refractivity contribution is 7.90. The maximum Gasteiger partial charge on any atom is 0.334 e. The summed E-state index contributed by atoms with van der Waals surface area (Å²) in [5.74, 6) is 0.153. The minimum absolute atomic E-state index is 0.215. The quantitative estimate of drug-likeness (QED) is 0.588. The third-order valence-electron chi connectivity index (χ3n) is 4.15. The fourth-order valence-corrected chi connectivity index (χ4v) is 3.76. The highest BCUT2D eigenvalue weighted by Crippen LogP contribution is 2.35. The van der Waals surface area contributed by atoms with Crippen LogP contribution in [-0.4, -0.2) is 34.4 Å². The molecule has 3 rings (SSSR count). The third kappa shape index (κ3) is 3.61. The normalized spacial score (nSPS) is 16.3. The molecular weight excluding hydrogens is 376 g/mol. The van der Waals surface area contributed by atoms with Crippen LogP contribution < -0.4 is 4.74 Å². The lowest BCUT2D eigenvalue weighted by molar-refractivity contribution is -0.135. The van der Waals surface area contributed by atoms with Gasteiger partial charge in [0.15, 0.2) is 9.84 Å². The van der Waals surface area contributed by atoms with Gasteiger partial charge >= 0.3 is 5.97 Å². The summed E-state index contributed by atoms with van der Waals surface area (Å²) in [7, 11) is -1.77. The van der Waals surface area contributed by atoms with Crippen LogP contribution in [0.3, 0.4) is 0 Å². The average Bonchev–Trinajstić information content (AvgIpc) is 3.01. The zero-order valence-electron chi connectivity index (χ0n) is 14.3. The SMILES string of the molecule is COc1ccc(/C(=C2/CCOC2=O)c2ccc(S(C)(=O)=O)cc2)cc1Cl. The van der Waals surface area contributed by atoms with Gasteiger partial charge in [-0.2, -0.15) is 0 Å². The zero-order chi connectivity index (χ0) is 18.9. The Labute approximate surface area is 157 Å². The molecule has 2 aromatic carbocycles. The standard InChI is InChI=1S/C19H17ClO5S/c1-24-17-8-5-13(11-16(17)20)18(15-9-10-25-19(15)21)12-3-6-14(7-4-12)26(2,22)23/h3-8,11H,9-10H2,1-2H3/b18-15-. The van der Waals surface area contributed by atoms with Gasteiger partial charge in [-0.15, -0.1) is 0 Å². The minimum Gasteiger partial charge on any atom is -0.495 e. The molecule has 0 aliphatic carbocycles. The van der Waals surface area contributed by atoms with E-state index in [0.29, 0.717) is 40.5 Å². The van der Waals surface area contributed by atoms with Gasteiger partial charge in [0.2, 0.25) is 0 Å². The van der Waals surface area contributed by atoms with Gasteiger partial charge in [-0.1, -0.05) is 29.8 Å². The van der Waals surface area contributed by atoms with Crippen molar-refractivity contribution in [2.75, 3.05) is 20.0 Å². The number of halogens is 1. The van der Waals surface area contributed by atoms with Gasteiger partial charge in [-0.25, -0.2) is 13.2 Å². The van der Waals surface area contributed by atoms with E-state index >= 15 is 0 Å². The van der Waals surface area contributed by atoms with Crippen LogP contribution in [-0.2, 0) is 19.4 Å². The molecule has 0 saturated carbocycles. The largest absolute Gasteiger partial charge is 0.495 e. The van der Waals surface area contributed by atoms with Gasteiger partial charge in [0.25, 0.3) is 0 Å². The molecule has 0 N–H and O–H groups in total. The summed E-state index contributed by atoms with van der Waals surface area (Å²) in [5.41, 5.74) is 2.67. The van der Waals surface area contributed by atoms with E-state index in [2.05, 4.69) is 0 Å². The van der Waals surface area contributed by atoms with E-state index in [1.165, 1.54) is 19.2 Å². The first-order valence-corrected chi connectivity index (χ1v) is 10.1. The lowest BCUT2D eigenvalue weighted by Gasteiger charge is -2.13. The van der Waals surface area contributed by atoms with Crippen molar-refractivity contribution in [2.45, 2.75) is 11.3 Å². The second-order valence-corrected chi connectivity index (χ2v) is 8.31. The summed E-state index contributed by atoms with van der Waals surface area (Å²) in [6.45, 7) is 0.322. The molecule has 1 heterocycles. The summed E-state index contributed by atoms with van der Waals surface area (Å²) < 4.78 is 33.7. The summed E-state index contributed by atoms with van der Waals surface area (Å²) in [4.78, 5) is 12.4. The smallest absolute Gasteiger partial charge is 0.334 e. The van der Waals surface area contributed by atoms with Gasteiger partial charge < -0.3 is 9.47 Å². The van der Waals surface area contributed by atoms with E-state index in [0.717, 1.165) is 11.8 Å². The highest BCUT2D eigenvalue weighted by Gasteiger charge is 2.25. The predicted molar refractivity (Wildman–Crippen MR) is 99.2 cm³/mol. The molecule has 0 amide bonds. The molecule has 7 heteroatoms. The van der Waals surface area contributed by atoms with Crippen molar-refractivity contribution in [3.05, 3.63) is 64.2 Å². The molecule has 0 bridgehead atoms. The molecule has 0 radical (unpaired) electrons. The summed E-state index contributed by atoms with van der Waals surface area (Å²) in [5, 5.41) is 0.419. The van der Waals surface area contributed by atoms with Crippen LogP contribution in [0.4, 0.5) is 0 Å². The number of esters is 1. The Morgan fingerprint density at radius 3 is 2.27 bits per heavy atom. The van der Waals surface area contributed by atoms with Crippen molar-refractivity contribution in [2.24, 2.45) is 0 Å². The van der Waals surface area contributed by atoms with Crippen molar-refractivity contribution >= 4 is 33.0 Å². The third-order valence-corrected chi connectivity index (χ3v) is 5.57. The first-order chi connectivity index (χ1) is 12.3. The summed E-state index contributed by atoms with van der Waals surface area (Å²) >= 11 is 6.25. The maximum atomic E-state index is 12.2. The summed E-state index contributed by atoms with van der Waals surface area (Å²) in [6, 6.07) is 11.7. The molecule has 0 aromatic heterocycles. The van der Waals surface area contributed by atoms with E-state index in [9.17, 15) is 13.2 Å². The van der Waals surface area contributed by atoms with E-state index < -0.39 is 9.84 Å². The van der Waals surface area contributed by atoms with E-state index in [1.807, 2.05) is 6.07 Å². The van der Waals surface area contributed by atoms with Crippen molar-refractivity contribution in [3.63, 3.8) is 0 Å². The van der Waals surface area contributed by atoms with Gasteiger partial charge in [-0.05, 0) is 41.0 Å². The van der Waals surface area contributed by atoms with Crippen LogP contribution >= 0.6 is 11.6 Å². The molecular formula is C19H17ClO5S. The average molecular weight is 393 g/mol. The molecule has 26 heavy (non-hydrogen) atoms. The van der Waals surface area contributed by atoms with Gasteiger partial charge in [0, 0.05) is 18.2 Å². The fraction of sp³-hybridized carbons (Fsp3) is 0.211.